The first-order valence-electron chi connectivity index (χ1n) is 8.06. The summed E-state index contributed by atoms with van der Waals surface area (Å²) in [5, 5.41) is 4.22. The van der Waals surface area contributed by atoms with Crippen molar-refractivity contribution >= 4 is 40.0 Å². The third-order valence-corrected chi connectivity index (χ3v) is 4.68. The van der Waals surface area contributed by atoms with Crippen molar-refractivity contribution in [3.8, 4) is 0 Å². The highest BCUT2D eigenvalue weighted by atomic mass is 35.5. The van der Waals surface area contributed by atoms with Crippen molar-refractivity contribution in [2.75, 3.05) is 11.9 Å². The zero-order valence-corrected chi connectivity index (χ0v) is 14.1. The van der Waals surface area contributed by atoms with Crippen LogP contribution in [-0.2, 0) is 22.6 Å². The number of hydrogen-bond acceptors (Lipinski definition) is 2. The fourth-order valence-corrected chi connectivity index (χ4v) is 3.42. The maximum atomic E-state index is 12.5. The molecule has 25 heavy (non-hydrogen) atoms. The second-order valence-corrected chi connectivity index (χ2v) is 6.51. The van der Waals surface area contributed by atoms with Crippen LogP contribution in [0.2, 0.25) is 5.02 Å². The standard InChI is InChI=1S/C19H16ClN3O2/c20-12-4-3-5-13(10-12)21-18(24)19(25)23-9-8-17-15(11-23)14-6-1-2-7-16(14)22-17/h1-7,10,22H,8-9,11H2,(H,21,24). The van der Waals surface area contributed by atoms with E-state index in [1.165, 1.54) is 0 Å². The Bertz CT molecular complexity index is 980. The maximum Gasteiger partial charge on any atom is 0.313 e. The highest BCUT2D eigenvalue weighted by Crippen LogP contribution is 2.27. The van der Waals surface area contributed by atoms with E-state index in [2.05, 4.69) is 10.3 Å². The van der Waals surface area contributed by atoms with Gasteiger partial charge in [-0.15, -0.1) is 0 Å². The van der Waals surface area contributed by atoms with Crippen LogP contribution in [0.25, 0.3) is 10.9 Å². The summed E-state index contributed by atoms with van der Waals surface area (Å²) in [7, 11) is 0. The monoisotopic (exact) mass is 353 g/mol. The molecule has 4 rings (SSSR count). The molecule has 6 heteroatoms. The van der Waals surface area contributed by atoms with Crippen LogP contribution in [-0.4, -0.2) is 28.2 Å². The normalized spacial score (nSPS) is 13.6. The Labute approximate surface area is 149 Å². The number of carbonyl (C=O) groups excluding carboxylic acids is 2. The van der Waals surface area contributed by atoms with Crippen molar-refractivity contribution in [1.29, 1.82) is 0 Å². The minimum Gasteiger partial charge on any atom is -0.358 e. The number of aromatic amines is 1. The third kappa shape index (κ3) is 2.98. The van der Waals surface area contributed by atoms with E-state index < -0.39 is 11.8 Å². The number of benzene rings is 2. The highest BCUT2D eigenvalue weighted by Gasteiger charge is 2.27. The van der Waals surface area contributed by atoms with Crippen molar-refractivity contribution in [2.24, 2.45) is 0 Å². The van der Waals surface area contributed by atoms with E-state index in [-0.39, 0.29) is 0 Å². The van der Waals surface area contributed by atoms with Crippen LogP contribution in [0, 0.1) is 0 Å². The molecular weight excluding hydrogens is 338 g/mol. The number of carbonyl (C=O) groups is 2. The number of aromatic nitrogens is 1. The molecule has 2 N–H and O–H groups in total. The SMILES string of the molecule is O=C(Nc1cccc(Cl)c1)C(=O)N1CCc2[nH]c3ccccc3c2C1. The van der Waals surface area contributed by atoms with E-state index in [9.17, 15) is 9.59 Å². The van der Waals surface area contributed by atoms with Crippen LogP contribution in [0.3, 0.4) is 0 Å². The van der Waals surface area contributed by atoms with Crippen LogP contribution in [0.15, 0.2) is 48.5 Å². The van der Waals surface area contributed by atoms with Gasteiger partial charge in [-0.1, -0.05) is 35.9 Å². The van der Waals surface area contributed by atoms with E-state index in [0.717, 1.165) is 22.2 Å². The first-order valence-corrected chi connectivity index (χ1v) is 8.44. The summed E-state index contributed by atoms with van der Waals surface area (Å²) in [4.78, 5) is 29.8. The van der Waals surface area contributed by atoms with E-state index in [1.807, 2.05) is 24.3 Å². The Kier molecular flexibility index (Phi) is 3.93. The van der Waals surface area contributed by atoms with E-state index in [4.69, 9.17) is 11.6 Å². The molecule has 2 aromatic carbocycles. The minimum atomic E-state index is -0.648. The van der Waals surface area contributed by atoms with Crippen LogP contribution in [0.4, 0.5) is 5.69 Å². The van der Waals surface area contributed by atoms with Crippen LogP contribution in [0.1, 0.15) is 11.3 Å². The van der Waals surface area contributed by atoms with Crippen LogP contribution >= 0.6 is 11.6 Å². The van der Waals surface area contributed by atoms with Gasteiger partial charge in [-0.25, -0.2) is 0 Å². The number of hydrogen-bond donors (Lipinski definition) is 2. The van der Waals surface area contributed by atoms with Crippen molar-refractivity contribution in [1.82, 2.24) is 9.88 Å². The van der Waals surface area contributed by atoms with Gasteiger partial charge in [-0.3, -0.25) is 9.59 Å². The molecule has 0 bridgehead atoms. The highest BCUT2D eigenvalue weighted by molar-refractivity contribution is 6.39. The lowest BCUT2D eigenvalue weighted by atomic mass is 10.0. The van der Waals surface area contributed by atoms with Crippen molar-refractivity contribution in [3.05, 3.63) is 64.8 Å². The molecule has 0 saturated heterocycles. The number of rotatable bonds is 1. The summed E-state index contributed by atoms with van der Waals surface area (Å²) in [6, 6.07) is 14.8. The number of fused-ring (bicyclic) bond motifs is 3. The summed E-state index contributed by atoms with van der Waals surface area (Å²) in [6.45, 7) is 0.947. The van der Waals surface area contributed by atoms with Crippen LogP contribution in [0.5, 0.6) is 0 Å². The smallest absolute Gasteiger partial charge is 0.313 e. The maximum absolute atomic E-state index is 12.5. The topological polar surface area (TPSA) is 65.2 Å². The first-order chi connectivity index (χ1) is 12.1. The molecule has 2 amide bonds. The Morgan fingerprint density at radius 2 is 1.96 bits per heavy atom. The Morgan fingerprint density at radius 3 is 2.80 bits per heavy atom. The predicted molar refractivity (Wildman–Crippen MR) is 97.5 cm³/mol. The van der Waals surface area contributed by atoms with Crippen LogP contribution < -0.4 is 5.32 Å². The molecule has 0 aliphatic carbocycles. The molecule has 0 radical (unpaired) electrons. The van der Waals surface area contributed by atoms with Gasteiger partial charge in [0, 0.05) is 52.4 Å². The van der Waals surface area contributed by atoms with Crippen molar-refractivity contribution in [2.45, 2.75) is 13.0 Å². The summed E-state index contributed by atoms with van der Waals surface area (Å²) in [6.07, 6.45) is 0.709. The fraction of sp³-hybridized carbons (Fsp3) is 0.158. The number of H-pyrrole nitrogens is 1. The first kappa shape index (κ1) is 15.7. The largest absolute Gasteiger partial charge is 0.358 e. The summed E-state index contributed by atoms with van der Waals surface area (Å²) < 4.78 is 0. The molecule has 126 valence electrons. The van der Waals surface area contributed by atoms with Gasteiger partial charge in [0.15, 0.2) is 0 Å². The molecule has 0 unspecified atom stereocenters. The van der Waals surface area contributed by atoms with Gasteiger partial charge in [0.05, 0.1) is 0 Å². The third-order valence-electron chi connectivity index (χ3n) is 4.45. The second-order valence-electron chi connectivity index (χ2n) is 6.07. The number of para-hydroxylation sites is 1. The van der Waals surface area contributed by atoms with Crippen molar-refractivity contribution in [3.63, 3.8) is 0 Å². The second kappa shape index (κ2) is 6.26. The summed E-state index contributed by atoms with van der Waals surface area (Å²) in [5.74, 6) is -1.18. The number of nitrogens with zero attached hydrogens (tertiary/aromatic N) is 1. The lowest BCUT2D eigenvalue weighted by Gasteiger charge is -2.26. The number of anilines is 1. The lowest BCUT2D eigenvalue weighted by molar-refractivity contribution is -0.143. The minimum absolute atomic E-state index is 0.432. The molecule has 3 aromatic rings. The van der Waals surface area contributed by atoms with Gasteiger partial charge in [0.2, 0.25) is 0 Å². The summed E-state index contributed by atoms with van der Waals surface area (Å²) in [5.41, 5.74) is 3.80. The molecular formula is C19H16ClN3O2. The van der Waals surface area contributed by atoms with Gasteiger partial charge in [0.1, 0.15) is 0 Å². The molecule has 0 spiro atoms. The van der Waals surface area contributed by atoms with Crippen molar-refractivity contribution < 1.29 is 9.59 Å². The number of amides is 2. The Morgan fingerprint density at radius 1 is 1.12 bits per heavy atom. The number of halogens is 1. The summed E-state index contributed by atoms with van der Waals surface area (Å²) >= 11 is 5.91. The average Bonchev–Trinajstić information content (AvgIpc) is 2.99. The zero-order valence-electron chi connectivity index (χ0n) is 13.4. The Hall–Kier alpha value is -2.79. The average molecular weight is 354 g/mol. The van der Waals surface area contributed by atoms with E-state index >= 15 is 0 Å². The molecule has 0 saturated carbocycles. The van der Waals surface area contributed by atoms with Gasteiger partial charge in [-0.05, 0) is 24.3 Å². The van der Waals surface area contributed by atoms with Gasteiger partial charge in [0.25, 0.3) is 0 Å². The Balaban J connectivity index is 1.52. The number of nitrogens with one attached hydrogen (secondary N) is 2. The van der Waals surface area contributed by atoms with E-state index in [0.29, 0.717) is 30.2 Å². The molecule has 1 aliphatic heterocycles. The molecule has 1 aliphatic rings. The van der Waals surface area contributed by atoms with E-state index in [1.54, 1.807) is 29.2 Å². The molecule has 5 nitrogen and oxygen atoms in total. The lowest BCUT2D eigenvalue weighted by Crippen LogP contribution is -2.42. The van der Waals surface area contributed by atoms with Gasteiger partial charge >= 0.3 is 11.8 Å². The molecule has 0 fully saturated rings. The van der Waals surface area contributed by atoms with Gasteiger partial charge in [-0.2, -0.15) is 0 Å². The fourth-order valence-electron chi connectivity index (χ4n) is 3.23. The van der Waals surface area contributed by atoms with Gasteiger partial charge < -0.3 is 15.2 Å². The molecule has 2 heterocycles. The predicted octanol–water partition coefficient (Wildman–Crippen LogP) is 3.34. The zero-order chi connectivity index (χ0) is 17.4. The quantitative estimate of drug-likeness (QED) is 0.659. The molecule has 1 aromatic heterocycles. The molecule has 0 atom stereocenters.